The van der Waals surface area contributed by atoms with Crippen LogP contribution in [0.25, 0.3) is 0 Å². The van der Waals surface area contributed by atoms with Crippen LogP contribution in [0.1, 0.15) is 43.0 Å². The Bertz CT molecular complexity index is 726. The zero-order chi connectivity index (χ0) is 18.7. The van der Waals surface area contributed by atoms with E-state index in [2.05, 4.69) is 0 Å². The average molecular weight is 364 g/mol. The summed E-state index contributed by atoms with van der Waals surface area (Å²) in [6.45, 7) is 2.66. The van der Waals surface area contributed by atoms with Gasteiger partial charge in [0.15, 0.2) is 17.6 Å². The molecule has 1 amide bonds. The molecule has 9 heteroatoms. The van der Waals surface area contributed by atoms with E-state index in [4.69, 9.17) is 14.2 Å². The number of nitrogens with zero attached hydrogens (tertiary/aromatic N) is 2. The van der Waals surface area contributed by atoms with Crippen molar-refractivity contribution < 1.29 is 28.7 Å². The number of nitro groups is 1. The molecular formula is C17H20N2O7. The van der Waals surface area contributed by atoms with Crippen LogP contribution in [-0.4, -0.2) is 47.7 Å². The van der Waals surface area contributed by atoms with Crippen molar-refractivity contribution in [2.24, 2.45) is 0 Å². The summed E-state index contributed by atoms with van der Waals surface area (Å²) < 4.78 is 15.5. The van der Waals surface area contributed by atoms with Gasteiger partial charge in [-0.15, -0.1) is 0 Å². The summed E-state index contributed by atoms with van der Waals surface area (Å²) in [5, 5.41) is 11.3. The minimum Gasteiger partial charge on any atom is -0.454 e. The van der Waals surface area contributed by atoms with Gasteiger partial charge in [0.1, 0.15) is 5.56 Å². The van der Waals surface area contributed by atoms with Crippen molar-refractivity contribution in [3.63, 3.8) is 0 Å². The molecule has 2 aliphatic rings. The number of nitro benzene ring substituents is 1. The largest absolute Gasteiger partial charge is 0.454 e. The summed E-state index contributed by atoms with van der Waals surface area (Å²) in [6.07, 6.45) is 2.95. The first-order valence-corrected chi connectivity index (χ1v) is 8.55. The standard InChI is InChI=1S/C17H20N2O7/c1-11(16(20)18-6-4-2-3-5-7-18)26-17(21)12-8-14-15(25-10-24-14)9-13(12)19(22)23/h8-9,11H,2-7,10H2,1H3. The van der Waals surface area contributed by atoms with Gasteiger partial charge in [0.2, 0.25) is 6.79 Å². The van der Waals surface area contributed by atoms with E-state index in [0.717, 1.165) is 31.7 Å². The number of hydrogen-bond donors (Lipinski definition) is 0. The lowest BCUT2D eigenvalue weighted by atomic mass is 10.1. The van der Waals surface area contributed by atoms with E-state index in [0.29, 0.717) is 13.1 Å². The normalized spacial score (nSPS) is 17.3. The molecule has 0 bridgehead atoms. The van der Waals surface area contributed by atoms with Gasteiger partial charge in [-0.25, -0.2) is 4.79 Å². The SMILES string of the molecule is CC(OC(=O)c1cc2c(cc1[N+](=O)[O-])OCO2)C(=O)N1CCCCCC1. The highest BCUT2D eigenvalue weighted by molar-refractivity contribution is 5.96. The lowest BCUT2D eigenvalue weighted by molar-refractivity contribution is -0.385. The van der Waals surface area contributed by atoms with Crippen LogP contribution in [0.4, 0.5) is 5.69 Å². The van der Waals surface area contributed by atoms with Crippen LogP contribution in [0.3, 0.4) is 0 Å². The fraction of sp³-hybridized carbons (Fsp3) is 0.529. The summed E-state index contributed by atoms with van der Waals surface area (Å²) in [6, 6.07) is 2.34. The Morgan fingerprint density at radius 3 is 2.38 bits per heavy atom. The Hall–Kier alpha value is -2.84. The quantitative estimate of drug-likeness (QED) is 0.458. The molecule has 1 unspecified atom stereocenters. The monoisotopic (exact) mass is 364 g/mol. The predicted molar refractivity (Wildman–Crippen MR) is 89.1 cm³/mol. The third kappa shape index (κ3) is 3.71. The maximum atomic E-state index is 12.5. The zero-order valence-electron chi connectivity index (χ0n) is 14.4. The topological polar surface area (TPSA) is 108 Å². The molecule has 1 atom stereocenters. The molecule has 0 aliphatic carbocycles. The van der Waals surface area contributed by atoms with E-state index in [-0.39, 0.29) is 29.8 Å². The molecule has 26 heavy (non-hydrogen) atoms. The maximum absolute atomic E-state index is 12.5. The molecule has 9 nitrogen and oxygen atoms in total. The Morgan fingerprint density at radius 1 is 1.15 bits per heavy atom. The highest BCUT2D eigenvalue weighted by atomic mass is 16.7. The van der Waals surface area contributed by atoms with Gasteiger partial charge in [0.05, 0.1) is 11.0 Å². The van der Waals surface area contributed by atoms with Crippen molar-refractivity contribution in [1.82, 2.24) is 4.90 Å². The fourth-order valence-electron chi connectivity index (χ4n) is 3.07. The van der Waals surface area contributed by atoms with Gasteiger partial charge in [-0.05, 0) is 19.8 Å². The highest BCUT2D eigenvalue weighted by Gasteiger charge is 2.31. The molecular weight excluding hydrogens is 344 g/mol. The number of esters is 1. The van der Waals surface area contributed by atoms with Crippen molar-refractivity contribution >= 4 is 17.6 Å². The van der Waals surface area contributed by atoms with Gasteiger partial charge in [-0.3, -0.25) is 14.9 Å². The van der Waals surface area contributed by atoms with Crippen LogP contribution in [0.15, 0.2) is 12.1 Å². The average Bonchev–Trinajstić information content (AvgIpc) is 2.91. The summed E-state index contributed by atoms with van der Waals surface area (Å²) in [5.74, 6) is -0.801. The van der Waals surface area contributed by atoms with E-state index in [1.807, 2.05) is 0 Å². The highest BCUT2D eigenvalue weighted by Crippen LogP contribution is 2.38. The third-order valence-corrected chi connectivity index (χ3v) is 4.46. The second-order valence-electron chi connectivity index (χ2n) is 6.27. The van der Waals surface area contributed by atoms with Crippen molar-refractivity contribution in [2.75, 3.05) is 19.9 Å². The molecule has 2 aliphatic heterocycles. The van der Waals surface area contributed by atoms with Gasteiger partial charge in [0.25, 0.3) is 11.6 Å². The van der Waals surface area contributed by atoms with Crippen LogP contribution >= 0.6 is 0 Å². The molecule has 0 radical (unpaired) electrons. The van der Waals surface area contributed by atoms with Gasteiger partial charge < -0.3 is 19.1 Å². The van der Waals surface area contributed by atoms with Crippen LogP contribution in [-0.2, 0) is 9.53 Å². The first-order valence-electron chi connectivity index (χ1n) is 8.55. The van der Waals surface area contributed by atoms with Crippen molar-refractivity contribution in [1.29, 1.82) is 0 Å². The Morgan fingerprint density at radius 2 is 1.77 bits per heavy atom. The second kappa shape index (κ2) is 7.59. The fourth-order valence-corrected chi connectivity index (χ4v) is 3.07. The first-order chi connectivity index (χ1) is 12.5. The molecule has 1 fully saturated rings. The van der Waals surface area contributed by atoms with E-state index >= 15 is 0 Å². The number of fused-ring (bicyclic) bond motifs is 1. The smallest absolute Gasteiger partial charge is 0.346 e. The molecule has 1 saturated heterocycles. The number of hydrogen-bond acceptors (Lipinski definition) is 7. The molecule has 2 heterocycles. The van der Waals surface area contributed by atoms with Gasteiger partial charge >= 0.3 is 5.97 Å². The molecule has 0 spiro atoms. The molecule has 0 saturated carbocycles. The Kier molecular flexibility index (Phi) is 5.24. The summed E-state index contributed by atoms with van der Waals surface area (Å²) in [7, 11) is 0. The van der Waals surface area contributed by atoms with Crippen LogP contribution < -0.4 is 9.47 Å². The number of carbonyl (C=O) groups is 2. The molecule has 0 N–H and O–H groups in total. The van der Waals surface area contributed by atoms with Gasteiger partial charge in [-0.2, -0.15) is 0 Å². The minimum absolute atomic E-state index is 0.0746. The predicted octanol–water partition coefficient (Wildman–Crippen LogP) is 2.27. The van der Waals surface area contributed by atoms with E-state index in [1.165, 1.54) is 13.0 Å². The molecule has 1 aromatic carbocycles. The summed E-state index contributed by atoms with van der Waals surface area (Å²) >= 11 is 0. The second-order valence-corrected chi connectivity index (χ2v) is 6.27. The van der Waals surface area contributed by atoms with Crippen LogP contribution in [0, 0.1) is 10.1 Å². The van der Waals surface area contributed by atoms with Gasteiger partial charge in [-0.1, -0.05) is 12.8 Å². The van der Waals surface area contributed by atoms with Gasteiger partial charge in [0, 0.05) is 19.2 Å². The van der Waals surface area contributed by atoms with E-state index in [9.17, 15) is 19.7 Å². The summed E-state index contributed by atoms with van der Waals surface area (Å²) in [5.41, 5.74) is -0.719. The number of rotatable bonds is 4. The number of ether oxygens (including phenoxy) is 3. The zero-order valence-corrected chi connectivity index (χ0v) is 14.4. The summed E-state index contributed by atoms with van der Waals surface area (Å²) in [4.78, 5) is 37.2. The number of amides is 1. The van der Waals surface area contributed by atoms with E-state index < -0.39 is 22.7 Å². The van der Waals surface area contributed by atoms with Crippen molar-refractivity contribution in [2.45, 2.75) is 38.7 Å². The molecule has 3 rings (SSSR count). The number of benzene rings is 1. The number of likely N-dealkylation sites (tertiary alicyclic amines) is 1. The lowest BCUT2D eigenvalue weighted by Crippen LogP contribution is -2.40. The molecule has 140 valence electrons. The van der Waals surface area contributed by atoms with Crippen molar-refractivity contribution in [3.8, 4) is 11.5 Å². The Balaban J connectivity index is 1.75. The maximum Gasteiger partial charge on any atom is 0.346 e. The Labute approximate surface area is 150 Å². The molecule has 0 aromatic heterocycles. The number of carbonyl (C=O) groups excluding carboxylic acids is 2. The lowest BCUT2D eigenvalue weighted by Gasteiger charge is -2.24. The minimum atomic E-state index is -1.02. The van der Waals surface area contributed by atoms with E-state index in [1.54, 1.807) is 4.90 Å². The molecule has 1 aromatic rings. The van der Waals surface area contributed by atoms with Crippen molar-refractivity contribution in [3.05, 3.63) is 27.8 Å². The first kappa shape index (κ1) is 18.0. The third-order valence-electron chi connectivity index (χ3n) is 4.46. The van der Waals surface area contributed by atoms with Crippen LogP contribution in [0.5, 0.6) is 11.5 Å². The van der Waals surface area contributed by atoms with Crippen LogP contribution in [0.2, 0.25) is 0 Å².